The quantitative estimate of drug-likeness (QED) is 0.774. The van der Waals surface area contributed by atoms with E-state index in [4.69, 9.17) is 9.84 Å². The van der Waals surface area contributed by atoms with E-state index in [0.717, 1.165) is 19.3 Å². The highest BCUT2D eigenvalue weighted by atomic mass is 16.5. The Labute approximate surface area is 92.0 Å². The highest BCUT2D eigenvalue weighted by Crippen LogP contribution is 2.40. The molecule has 1 aliphatic rings. The predicted molar refractivity (Wildman–Crippen MR) is 58.2 cm³/mol. The van der Waals surface area contributed by atoms with Crippen molar-refractivity contribution in [3.8, 4) is 6.07 Å². The van der Waals surface area contributed by atoms with Gasteiger partial charge in [-0.05, 0) is 25.2 Å². The smallest absolute Gasteiger partial charge is 0.157 e. The highest BCUT2D eigenvalue weighted by Gasteiger charge is 2.43. The average molecular weight is 211 g/mol. The topological polar surface area (TPSA) is 53.2 Å². The largest absolute Gasteiger partial charge is 0.394 e. The van der Waals surface area contributed by atoms with Gasteiger partial charge in [0.15, 0.2) is 5.60 Å². The van der Waals surface area contributed by atoms with Crippen molar-refractivity contribution in [2.24, 2.45) is 11.8 Å². The summed E-state index contributed by atoms with van der Waals surface area (Å²) >= 11 is 0. The summed E-state index contributed by atoms with van der Waals surface area (Å²) in [5, 5.41) is 18.1. The summed E-state index contributed by atoms with van der Waals surface area (Å²) in [5.74, 6) is 0.770. The van der Waals surface area contributed by atoms with Crippen molar-refractivity contribution in [3.63, 3.8) is 0 Å². The van der Waals surface area contributed by atoms with Gasteiger partial charge in [-0.15, -0.1) is 0 Å². The highest BCUT2D eigenvalue weighted by molar-refractivity contribution is 5.08. The molecule has 86 valence electrons. The first kappa shape index (κ1) is 12.5. The Bertz CT molecular complexity index is 234. The Morgan fingerprint density at radius 2 is 2.27 bits per heavy atom. The van der Waals surface area contributed by atoms with Crippen LogP contribution in [-0.4, -0.2) is 23.9 Å². The standard InChI is InChI=1S/C12H21NO2/c1-10(2)11-5-3-4-6-12(11,9-13)15-8-7-14/h10-11,14H,3-8H2,1-2H3. The molecule has 3 heteroatoms. The molecular formula is C12H21NO2. The Kier molecular flexibility index (Phi) is 4.56. The molecule has 1 rings (SSSR count). The van der Waals surface area contributed by atoms with E-state index >= 15 is 0 Å². The van der Waals surface area contributed by atoms with Crippen LogP contribution in [0, 0.1) is 23.2 Å². The maximum absolute atomic E-state index is 9.33. The van der Waals surface area contributed by atoms with E-state index in [1.807, 2.05) is 0 Å². The first-order chi connectivity index (χ1) is 7.16. The van der Waals surface area contributed by atoms with Gasteiger partial charge < -0.3 is 9.84 Å². The van der Waals surface area contributed by atoms with E-state index in [1.165, 1.54) is 6.42 Å². The normalized spacial score (nSPS) is 31.5. The van der Waals surface area contributed by atoms with Gasteiger partial charge in [0, 0.05) is 5.92 Å². The summed E-state index contributed by atoms with van der Waals surface area (Å²) in [6, 6.07) is 2.35. The monoisotopic (exact) mass is 211 g/mol. The third-order valence-corrected chi connectivity index (χ3v) is 3.36. The van der Waals surface area contributed by atoms with Crippen LogP contribution in [0.15, 0.2) is 0 Å². The molecule has 1 aliphatic carbocycles. The molecule has 0 aromatic rings. The second-order valence-corrected chi connectivity index (χ2v) is 4.67. The molecule has 0 spiro atoms. The molecule has 0 heterocycles. The molecule has 0 aliphatic heterocycles. The summed E-state index contributed by atoms with van der Waals surface area (Å²) < 4.78 is 5.63. The second-order valence-electron chi connectivity index (χ2n) is 4.67. The molecule has 2 atom stereocenters. The minimum Gasteiger partial charge on any atom is -0.394 e. The van der Waals surface area contributed by atoms with Crippen LogP contribution < -0.4 is 0 Å². The summed E-state index contributed by atoms with van der Waals surface area (Å²) in [5.41, 5.74) is -0.644. The van der Waals surface area contributed by atoms with Crippen molar-refractivity contribution < 1.29 is 9.84 Å². The van der Waals surface area contributed by atoms with Gasteiger partial charge in [0.25, 0.3) is 0 Å². The Morgan fingerprint density at radius 1 is 1.53 bits per heavy atom. The first-order valence-electron chi connectivity index (χ1n) is 5.82. The molecule has 0 radical (unpaired) electrons. The summed E-state index contributed by atoms with van der Waals surface area (Å²) in [6.07, 6.45) is 4.12. The van der Waals surface area contributed by atoms with Gasteiger partial charge in [-0.3, -0.25) is 0 Å². The lowest BCUT2D eigenvalue weighted by molar-refractivity contribution is -0.0892. The van der Waals surface area contributed by atoms with Crippen molar-refractivity contribution in [2.45, 2.75) is 45.1 Å². The zero-order chi connectivity index (χ0) is 11.3. The second kappa shape index (κ2) is 5.48. The lowest BCUT2D eigenvalue weighted by atomic mass is 9.71. The van der Waals surface area contributed by atoms with Gasteiger partial charge in [0.1, 0.15) is 0 Å². The average Bonchev–Trinajstić information content (AvgIpc) is 2.26. The van der Waals surface area contributed by atoms with Crippen LogP contribution in [0.3, 0.4) is 0 Å². The number of ether oxygens (including phenoxy) is 1. The molecule has 0 aromatic heterocycles. The predicted octanol–water partition coefficient (Wildman–Crippen LogP) is 2.10. The van der Waals surface area contributed by atoms with Crippen molar-refractivity contribution in [1.82, 2.24) is 0 Å². The van der Waals surface area contributed by atoms with Gasteiger partial charge in [0.2, 0.25) is 0 Å². The molecule has 1 fully saturated rings. The van der Waals surface area contributed by atoms with E-state index in [2.05, 4.69) is 19.9 Å². The lowest BCUT2D eigenvalue weighted by Gasteiger charge is -2.40. The van der Waals surface area contributed by atoms with Crippen LogP contribution in [0.5, 0.6) is 0 Å². The molecule has 1 N–H and O–H groups in total. The Hall–Kier alpha value is -0.590. The number of aliphatic hydroxyl groups is 1. The van der Waals surface area contributed by atoms with Crippen LogP contribution in [0.25, 0.3) is 0 Å². The SMILES string of the molecule is CC(C)C1CCCCC1(C#N)OCCO. The fourth-order valence-electron chi connectivity index (χ4n) is 2.62. The van der Waals surface area contributed by atoms with E-state index in [9.17, 15) is 5.26 Å². The van der Waals surface area contributed by atoms with Crippen LogP contribution in [0.2, 0.25) is 0 Å². The molecule has 0 aromatic carbocycles. The summed E-state index contributed by atoms with van der Waals surface area (Å²) in [6.45, 7) is 4.56. The van der Waals surface area contributed by atoms with Crippen LogP contribution in [-0.2, 0) is 4.74 Å². The maximum atomic E-state index is 9.33. The van der Waals surface area contributed by atoms with Crippen molar-refractivity contribution in [3.05, 3.63) is 0 Å². The summed E-state index contributed by atoms with van der Waals surface area (Å²) in [4.78, 5) is 0. The van der Waals surface area contributed by atoms with Gasteiger partial charge in [0.05, 0.1) is 19.3 Å². The molecule has 15 heavy (non-hydrogen) atoms. The molecular weight excluding hydrogens is 190 g/mol. The fourth-order valence-corrected chi connectivity index (χ4v) is 2.62. The minimum absolute atomic E-state index is 0.00571. The van der Waals surface area contributed by atoms with Crippen LogP contribution >= 0.6 is 0 Å². The number of hydrogen-bond acceptors (Lipinski definition) is 3. The number of rotatable bonds is 4. The van der Waals surface area contributed by atoms with Crippen LogP contribution in [0.1, 0.15) is 39.5 Å². The lowest BCUT2D eigenvalue weighted by Crippen LogP contribution is -2.45. The Balaban J connectivity index is 2.77. The fraction of sp³-hybridized carbons (Fsp3) is 0.917. The third-order valence-electron chi connectivity index (χ3n) is 3.36. The van der Waals surface area contributed by atoms with Gasteiger partial charge in [-0.1, -0.05) is 20.3 Å². The van der Waals surface area contributed by atoms with Crippen LogP contribution in [0.4, 0.5) is 0 Å². The van der Waals surface area contributed by atoms with Crippen molar-refractivity contribution >= 4 is 0 Å². The maximum Gasteiger partial charge on any atom is 0.157 e. The number of hydrogen-bond donors (Lipinski definition) is 1. The molecule has 0 bridgehead atoms. The third kappa shape index (κ3) is 2.70. The zero-order valence-corrected chi connectivity index (χ0v) is 9.70. The van der Waals surface area contributed by atoms with Crippen molar-refractivity contribution in [1.29, 1.82) is 5.26 Å². The summed E-state index contributed by atoms with van der Waals surface area (Å²) in [7, 11) is 0. The molecule has 0 amide bonds. The van der Waals surface area contributed by atoms with Crippen molar-refractivity contribution in [2.75, 3.05) is 13.2 Å². The number of nitriles is 1. The van der Waals surface area contributed by atoms with Gasteiger partial charge in [-0.25, -0.2) is 0 Å². The van der Waals surface area contributed by atoms with E-state index in [0.29, 0.717) is 11.8 Å². The van der Waals surface area contributed by atoms with Gasteiger partial charge >= 0.3 is 0 Å². The zero-order valence-electron chi connectivity index (χ0n) is 9.70. The molecule has 3 nitrogen and oxygen atoms in total. The molecule has 2 unspecified atom stereocenters. The first-order valence-corrected chi connectivity index (χ1v) is 5.82. The molecule has 1 saturated carbocycles. The molecule has 0 saturated heterocycles. The van der Waals surface area contributed by atoms with E-state index in [-0.39, 0.29) is 13.2 Å². The Morgan fingerprint density at radius 3 is 2.80 bits per heavy atom. The number of aliphatic hydroxyl groups excluding tert-OH is 1. The van der Waals surface area contributed by atoms with Gasteiger partial charge in [-0.2, -0.15) is 5.26 Å². The minimum atomic E-state index is -0.644. The van der Waals surface area contributed by atoms with E-state index in [1.54, 1.807) is 0 Å². The van der Waals surface area contributed by atoms with E-state index < -0.39 is 5.60 Å². The number of nitrogens with zero attached hydrogens (tertiary/aromatic N) is 1.